The van der Waals surface area contributed by atoms with Gasteiger partial charge in [0.1, 0.15) is 0 Å². The van der Waals surface area contributed by atoms with Crippen LogP contribution in [0.15, 0.2) is 40.1 Å². The zero-order valence-electron chi connectivity index (χ0n) is 17.5. The van der Waals surface area contributed by atoms with Crippen LogP contribution in [0.4, 0.5) is 19.0 Å². The van der Waals surface area contributed by atoms with E-state index < -0.39 is 23.3 Å². The molecule has 1 N–H and O–H groups in total. The van der Waals surface area contributed by atoms with E-state index in [2.05, 4.69) is 10.4 Å². The highest BCUT2D eigenvalue weighted by Crippen LogP contribution is 2.36. The lowest BCUT2D eigenvalue weighted by Gasteiger charge is -2.21. The number of alkyl halides is 4. The molecule has 32 heavy (non-hydrogen) atoms. The van der Waals surface area contributed by atoms with Crippen LogP contribution in [0.3, 0.4) is 0 Å². The van der Waals surface area contributed by atoms with Gasteiger partial charge in [0.2, 0.25) is 0 Å². The summed E-state index contributed by atoms with van der Waals surface area (Å²) in [5.41, 5.74) is -0.826. The number of hydrogen-bond acceptors (Lipinski definition) is 4. The Hall–Kier alpha value is -2.81. The highest BCUT2D eigenvalue weighted by molar-refractivity contribution is 6.17. The normalized spacial score (nSPS) is 15.2. The minimum atomic E-state index is -4.46. The van der Waals surface area contributed by atoms with Crippen molar-refractivity contribution in [3.63, 3.8) is 0 Å². The summed E-state index contributed by atoms with van der Waals surface area (Å²) in [6.07, 6.45) is -1.09. The standard InChI is InChI=1S/C22H22ClF3N4O2/c1-12-15(4-3-5-18(12)22(24,25)26)13(2)27-20-17-11-29(14-6-7-14)19(31)10-16(17)21(32)30(28-20)9-8-23/h3-5,10-11,13-14H,6-9H2,1-2H3,(H,27,28)/t13-/m1/s1. The van der Waals surface area contributed by atoms with Crippen LogP contribution in [-0.2, 0) is 12.7 Å². The van der Waals surface area contributed by atoms with E-state index in [1.807, 2.05) is 0 Å². The van der Waals surface area contributed by atoms with Crippen molar-refractivity contribution in [1.82, 2.24) is 14.3 Å². The van der Waals surface area contributed by atoms with E-state index in [-0.39, 0.29) is 35.0 Å². The molecule has 0 bridgehead atoms. The van der Waals surface area contributed by atoms with Crippen LogP contribution in [0.5, 0.6) is 0 Å². The third kappa shape index (κ3) is 4.13. The molecule has 0 saturated heterocycles. The molecule has 1 aliphatic rings. The summed E-state index contributed by atoms with van der Waals surface area (Å²) in [6, 6.07) is 4.89. The van der Waals surface area contributed by atoms with Crippen molar-refractivity contribution in [2.45, 2.75) is 51.5 Å². The molecule has 4 rings (SSSR count). The molecule has 6 nitrogen and oxygen atoms in total. The monoisotopic (exact) mass is 466 g/mol. The number of benzene rings is 1. The number of nitrogens with one attached hydrogen (secondary N) is 1. The van der Waals surface area contributed by atoms with Gasteiger partial charge in [-0.15, -0.1) is 11.6 Å². The quantitative estimate of drug-likeness (QED) is 0.538. The van der Waals surface area contributed by atoms with Gasteiger partial charge in [0.25, 0.3) is 11.1 Å². The number of aromatic nitrogens is 3. The molecule has 10 heteroatoms. The molecule has 1 fully saturated rings. The summed E-state index contributed by atoms with van der Waals surface area (Å²) in [5, 5.41) is 8.18. The van der Waals surface area contributed by atoms with Crippen LogP contribution in [0, 0.1) is 6.92 Å². The smallest absolute Gasteiger partial charge is 0.362 e. The predicted octanol–water partition coefficient (Wildman–Crippen LogP) is 4.63. The first-order valence-electron chi connectivity index (χ1n) is 10.3. The topological polar surface area (TPSA) is 68.9 Å². The maximum Gasteiger partial charge on any atom is 0.416 e. The lowest BCUT2D eigenvalue weighted by atomic mass is 9.97. The molecule has 0 aliphatic heterocycles. The van der Waals surface area contributed by atoms with Gasteiger partial charge in [0.05, 0.1) is 23.5 Å². The molecule has 1 aliphatic carbocycles. The van der Waals surface area contributed by atoms with E-state index in [0.717, 1.165) is 18.9 Å². The number of halogens is 4. The minimum absolute atomic E-state index is 0.0909. The molecule has 1 saturated carbocycles. The minimum Gasteiger partial charge on any atom is -0.362 e. The number of anilines is 1. The fraction of sp³-hybridized carbons (Fsp3) is 0.409. The molecule has 3 aromatic rings. The van der Waals surface area contributed by atoms with Crippen LogP contribution in [0.2, 0.25) is 0 Å². The number of hydrogen-bond donors (Lipinski definition) is 1. The van der Waals surface area contributed by atoms with E-state index in [9.17, 15) is 22.8 Å². The Morgan fingerprint density at radius 1 is 1.25 bits per heavy atom. The molecule has 2 heterocycles. The SMILES string of the molecule is Cc1c([C@@H](C)Nc2nn(CCCl)c(=O)c3cc(=O)n(C4CC4)cc23)cccc1C(F)(F)F. The van der Waals surface area contributed by atoms with Gasteiger partial charge in [0.15, 0.2) is 5.82 Å². The first kappa shape index (κ1) is 22.4. The summed E-state index contributed by atoms with van der Waals surface area (Å²) < 4.78 is 42.8. The third-order valence-corrected chi connectivity index (χ3v) is 5.93. The third-order valence-electron chi connectivity index (χ3n) is 5.76. The van der Waals surface area contributed by atoms with Gasteiger partial charge >= 0.3 is 6.18 Å². The van der Waals surface area contributed by atoms with E-state index >= 15 is 0 Å². The maximum absolute atomic E-state index is 13.4. The fourth-order valence-electron chi connectivity index (χ4n) is 3.96. The summed E-state index contributed by atoms with van der Waals surface area (Å²) in [4.78, 5) is 25.3. The fourth-order valence-corrected chi connectivity index (χ4v) is 4.12. The predicted molar refractivity (Wildman–Crippen MR) is 117 cm³/mol. The summed E-state index contributed by atoms with van der Waals surface area (Å²) in [5.74, 6) is 0.447. The van der Waals surface area contributed by atoms with Crippen LogP contribution in [-0.4, -0.2) is 20.2 Å². The average molecular weight is 467 g/mol. The molecular weight excluding hydrogens is 445 g/mol. The van der Waals surface area contributed by atoms with Gasteiger partial charge in [0, 0.05) is 29.6 Å². The van der Waals surface area contributed by atoms with Crippen molar-refractivity contribution >= 4 is 28.2 Å². The van der Waals surface area contributed by atoms with Gasteiger partial charge in [-0.3, -0.25) is 9.59 Å². The zero-order valence-corrected chi connectivity index (χ0v) is 18.3. The Kier molecular flexibility index (Phi) is 5.79. The molecule has 0 spiro atoms. The van der Waals surface area contributed by atoms with Gasteiger partial charge in [-0.1, -0.05) is 12.1 Å². The number of aryl methyl sites for hydroxylation is 1. The van der Waals surface area contributed by atoms with Crippen molar-refractivity contribution in [2.24, 2.45) is 0 Å². The lowest BCUT2D eigenvalue weighted by molar-refractivity contribution is -0.138. The Morgan fingerprint density at radius 3 is 2.59 bits per heavy atom. The van der Waals surface area contributed by atoms with Crippen LogP contribution in [0.25, 0.3) is 10.8 Å². The van der Waals surface area contributed by atoms with Crippen molar-refractivity contribution in [2.75, 3.05) is 11.2 Å². The highest BCUT2D eigenvalue weighted by Gasteiger charge is 2.33. The van der Waals surface area contributed by atoms with Crippen molar-refractivity contribution in [3.8, 4) is 0 Å². The van der Waals surface area contributed by atoms with E-state index in [0.29, 0.717) is 16.8 Å². The summed E-state index contributed by atoms with van der Waals surface area (Å²) in [6.45, 7) is 3.29. The molecular formula is C22H22ClF3N4O2. The molecule has 0 radical (unpaired) electrons. The van der Waals surface area contributed by atoms with Crippen molar-refractivity contribution in [3.05, 3.63) is 67.9 Å². The summed E-state index contributed by atoms with van der Waals surface area (Å²) in [7, 11) is 0. The first-order chi connectivity index (χ1) is 15.1. The van der Waals surface area contributed by atoms with Crippen LogP contribution in [0.1, 0.15) is 48.5 Å². The highest BCUT2D eigenvalue weighted by atomic mass is 35.5. The largest absolute Gasteiger partial charge is 0.416 e. The molecule has 1 atom stereocenters. The number of nitrogens with zero attached hydrogens (tertiary/aromatic N) is 3. The molecule has 0 amide bonds. The van der Waals surface area contributed by atoms with E-state index in [4.69, 9.17) is 11.6 Å². The second-order valence-corrected chi connectivity index (χ2v) is 8.40. The zero-order chi connectivity index (χ0) is 23.2. The summed E-state index contributed by atoms with van der Waals surface area (Å²) >= 11 is 5.81. The molecule has 2 aromatic heterocycles. The number of fused-ring (bicyclic) bond motifs is 1. The van der Waals surface area contributed by atoms with E-state index in [1.165, 1.54) is 23.7 Å². The number of pyridine rings is 1. The Balaban J connectivity index is 1.83. The Morgan fingerprint density at radius 2 is 1.97 bits per heavy atom. The van der Waals surface area contributed by atoms with Gasteiger partial charge in [-0.05, 0) is 43.9 Å². The Labute approximate surface area is 186 Å². The second kappa shape index (κ2) is 8.27. The van der Waals surface area contributed by atoms with Crippen molar-refractivity contribution in [1.29, 1.82) is 0 Å². The first-order valence-corrected chi connectivity index (χ1v) is 10.8. The van der Waals surface area contributed by atoms with Gasteiger partial charge < -0.3 is 9.88 Å². The maximum atomic E-state index is 13.4. The average Bonchev–Trinajstić information content (AvgIpc) is 3.55. The van der Waals surface area contributed by atoms with E-state index in [1.54, 1.807) is 23.8 Å². The van der Waals surface area contributed by atoms with Gasteiger partial charge in [-0.25, -0.2) is 4.68 Å². The second-order valence-electron chi connectivity index (χ2n) is 8.03. The Bertz CT molecular complexity index is 1300. The molecule has 1 aromatic carbocycles. The van der Waals surface area contributed by atoms with Crippen molar-refractivity contribution < 1.29 is 13.2 Å². The molecule has 170 valence electrons. The molecule has 0 unspecified atom stereocenters. The van der Waals surface area contributed by atoms with Crippen LogP contribution >= 0.6 is 11.6 Å². The van der Waals surface area contributed by atoms with Gasteiger partial charge in [-0.2, -0.15) is 18.3 Å². The van der Waals surface area contributed by atoms with Crippen LogP contribution < -0.4 is 16.4 Å². The number of rotatable bonds is 6. The lowest BCUT2D eigenvalue weighted by Crippen LogP contribution is -2.28.